The third-order valence-electron chi connectivity index (χ3n) is 2.83. The molecule has 0 unspecified atom stereocenters. The minimum atomic E-state index is -0.463. The number of aromatic nitrogens is 2. The minimum Gasteiger partial charge on any atom is -0.444 e. The number of carbonyl (C=O) groups excluding carboxylic acids is 1. The number of fused-ring (bicyclic) bond motifs is 1. The fraction of sp³-hybridized carbons (Fsp3) is 0.467. The summed E-state index contributed by atoms with van der Waals surface area (Å²) in [6, 6.07) is 5.95. The number of alkyl carbamates (subject to hydrolysis) is 1. The van der Waals surface area contributed by atoms with E-state index in [1.165, 1.54) is 0 Å². The van der Waals surface area contributed by atoms with Gasteiger partial charge in [0.2, 0.25) is 0 Å². The number of ether oxygens (including phenoxy) is 1. The van der Waals surface area contributed by atoms with Crippen molar-refractivity contribution in [3.8, 4) is 0 Å². The molecular weight excluding hydrogens is 334 g/mol. The van der Waals surface area contributed by atoms with Gasteiger partial charge in [0.05, 0.1) is 17.4 Å². The Labute approximate surface area is 132 Å². The lowest BCUT2D eigenvalue weighted by molar-refractivity contribution is 0.0527. The van der Waals surface area contributed by atoms with Crippen LogP contribution in [0.3, 0.4) is 0 Å². The number of halogens is 1. The normalized spacial score (nSPS) is 11.6. The van der Waals surface area contributed by atoms with Gasteiger partial charge in [0.1, 0.15) is 5.60 Å². The van der Waals surface area contributed by atoms with Crippen LogP contribution < -0.4 is 5.32 Å². The highest BCUT2D eigenvalue weighted by Gasteiger charge is 2.15. The van der Waals surface area contributed by atoms with Crippen molar-refractivity contribution < 1.29 is 9.53 Å². The number of para-hydroxylation sites is 1. The molecule has 0 aliphatic heterocycles. The van der Waals surface area contributed by atoms with Gasteiger partial charge in [0, 0.05) is 17.6 Å². The summed E-state index contributed by atoms with van der Waals surface area (Å²) in [5, 5.41) is 2.76. The molecular formula is C15H20BrN3O2. The predicted octanol–water partition coefficient (Wildman–Crippen LogP) is 3.71. The van der Waals surface area contributed by atoms with Crippen molar-refractivity contribution in [1.29, 1.82) is 0 Å². The number of aryl methyl sites for hydroxylation is 1. The van der Waals surface area contributed by atoms with E-state index in [4.69, 9.17) is 4.74 Å². The zero-order valence-corrected chi connectivity index (χ0v) is 14.1. The summed E-state index contributed by atoms with van der Waals surface area (Å²) >= 11 is 3.54. The van der Waals surface area contributed by atoms with Crippen LogP contribution in [0.2, 0.25) is 0 Å². The molecule has 2 rings (SSSR count). The lowest BCUT2D eigenvalue weighted by Crippen LogP contribution is -2.33. The van der Waals surface area contributed by atoms with Crippen LogP contribution in [0.25, 0.3) is 11.0 Å². The number of hydrogen-bond acceptors (Lipinski definition) is 3. The number of carbonyl (C=O) groups is 1. The number of hydrogen-bond donors (Lipinski definition) is 1. The summed E-state index contributed by atoms with van der Waals surface area (Å²) in [4.78, 5) is 15.9. The quantitative estimate of drug-likeness (QED) is 0.852. The van der Waals surface area contributed by atoms with Crippen molar-refractivity contribution in [2.24, 2.45) is 0 Å². The maximum atomic E-state index is 11.5. The van der Waals surface area contributed by atoms with Gasteiger partial charge >= 0.3 is 6.09 Å². The largest absolute Gasteiger partial charge is 0.444 e. The zero-order valence-electron chi connectivity index (χ0n) is 12.5. The molecule has 0 atom stereocenters. The highest BCUT2D eigenvalue weighted by atomic mass is 79.9. The second kappa shape index (κ2) is 6.47. The van der Waals surface area contributed by atoms with Crippen LogP contribution in [-0.2, 0) is 11.3 Å². The first kappa shape index (κ1) is 15.8. The van der Waals surface area contributed by atoms with Crippen LogP contribution in [0.5, 0.6) is 0 Å². The molecule has 6 heteroatoms. The van der Waals surface area contributed by atoms with E-state index in [0.29, 0.717) is 6.54 Å². The second-order valence-electron chi connectivity index (χ2n) is 5.83. The molecule has 1 aromatic heterocycles. The maximum absolute atomic E-state index is 11.5. The zero-order chi connectivity index (χ0) is 15.5. The fourth-order valence-corrected chi connectivity index (χ4v) is 2.59. The van der Waals surface area contributed by atoms with E-state index in [2.05, 4.69) is 30.8 Å². The predicted molar refractivity (Wildman–Crippen MR) is 86.3 cm³/mol. The first-order chi connectivity index (χ1) is 9.87. The molecule has 1 aromatic carbocycles. The van der Waals surface area contributed by atoms with E-state index in [1.54, 1.807) is 0 Å². The Balaban J connectivity index is 1.85. The monoisotopic (exact) mass is 353 g/mol. The minimum absolute atomic E-state index is 0.376. The Morgan fingerprint density at radius 3 is 2.90 bits per heavy atom. The molecule has 0 bridgehead atoms. The SMILES string of the molecule is CC(C)(C)OC(=O)NCCCn1cnc2cccc(Br)c21. The number of rotatable bonds is 4. The smallest absolute Gasteiger partial charge is 0.407 e. The van der Waals surface area contributed by atoms with Gasteiger partial charge in [-0.2, -0.15) is 0 Å². The molecule has 1 amide bonds. The molecule has 21 heavy (non-hydrogen) atoms. The van der Waals surface area contributed by atoms with Gasteiger partial charge in [0.15, 0.2) is 0 Å². The van der Waals surface area contributed by atoms with Gasteiger partial charge in [-0.1, -0.05) is 6.07 Å². The average molecular weight is 354 g/mol. The molecule has 0 saturated carbocycles. The average Bonchev–Trinajstić information content (AvgIpc) is 2.77. The number of benzene rings is 1. The maximum Gasteiger partial charge on any atom is 0.407 e. The third-order valence-corrected chi connectivity index (χ3v) is 3.47. The van der Waals surface area contributed by atoms with E-state index < -0.39 is 5.60 Å². The van der Waals surface area contributed by atoms with Crippen molar-refractivity contribution >= 4 is 33.1 Å². The molecule has 0 fully saturated rings. The van der Waals surface area contributed by atoms with Gasteiger partial charge in [-0.05, 0) is 55.3 Å². The highest BCUT2D eigenvalue weighted by molar-refractivity contribution is 9.10. The van der Waals surface area contributed by atoms with Gasteiger partial charge in [-0.15, -0.1) is 0 Å². The van der Waals surface area contributed by atoms with E-state index in [0.717, 1.165) is 28.5 Å². The Morgan fingerprint density at radius 2 is 2.19 bits per heavy atom. The first-order valence-corrected chi connectivity index (χ1v) is 7.72. The van der Waals surface area contributed by atoms with Crippen molar-refractivity contribution in [3.05, 3.63) is 29.0 Å². The van der Waals surface area contributed by atoms with E-state index in [9.17, 15) is 4.79 Å². The number of imidazole rings is 1. The summed E-state index contributed by atoms with van der Waals surface area (Å²) in [7, 11) is 0. The van der Waals surface area contributed by atoms with Crippen LogP contribution in [0, 0.1) is 0 Å². The number of amides is 1. The summed E-state index contributed by atoms with van der Waals surface area (Å²) in [6.07, 6.45) is 2.26. The molecule has 5 nitrogen and oxygen atoms in total. The van der Waals surface area contributed by atoms with E-state index >= 15 is 0 Å². The lowest BCUT2D eigenvalue weighted by atomic mass is 10.2. The molecule has 0 aliphatic rings. The number of nitrogens with zero attached hydrogens (tertiary/aromatic N) is 2. The van der Waals surface area contributed by atoms with Gasteiger partial charge in [0.25, 0.3) is 0 Å². The third kappa shape index (κ3) is 4.46. The fourth-order valence-electron chi connectivity index (χ4n) is 2.01. The van der Waals surface area contributed by atoms with Crippen LogP contribution >= 0.6 is 15.9 Å². The molecule has 0 saturated heterocycles. The lowest BCUT2D eigenvalue weighted by Gasteiger charge is -2.19. The Morgan fingerprint density at radius 1 is 1.43 bits per heavy atom. The Bertz CT molecular complexity index is 631. The summed E-state index contributed by atoms with van der Waals surface area (Å²) in [6.45, 7) is 6.90. The molecule has 2 aromatic rings. The standard InChI is InChI=1S/C15H20BrN3O2/c1-15(2,3)21-14(20)17-8-5-9-19-10-18-12-7-4-6-11(16)13(12)19/h4,6-7,10H,5,8-9H2,1-3H3,(H,17,20). The van der Waals surface area contributed by atoms with Crippen molar-refractivity contribution in [2.75, 3.05) is 6.54 Å². The van der Waals surface area contributed by atoms with Crippen molar-refractivity contribution in [2.45, 2.75) is 39.3 Å². The second-order valence-corrected chi connectivity index (χ2v) is 6.68. The molecule has 0 radical (unpaired) electrons. The Kier molecular flexibility index (Phi) is 4.88. The molecule has 0 aliphatic carbocycles. The van der Waals surface area contributed by atoms with Gasteiger partial charge < -0.3 is 14.6 Å². The summed E-state index contributed by atoms with van der Waals surface area (Å²) in [5.74, 6) is 0. The van der Waals surface area contributed by atoms with E-state index in [-0.39, 0.29) is 6.09 Å². The first-order valence-electron chi connectivity index (χ1n) is 6.93. The van der Waals surface area contributed by atoms with Crippen LogP contribution in [0.15, 0.2) is 29.0 Å². The van der Waals surface area contributed by atoms with Crippen LogP contribution in [0.4, 0.5) is 4.79 Å². The summed E-state index contributed by atoms with van der Waals surface area (Å²) in [5.41, 5.74) is 1.58. The van der Waals surface area contributed by atoms with E-state index in [1.807, 2.05) is 45.3 Å². The van der Waals surface area contributed by atoms with Gasteiger partial charge in [-0.3, -0.25) is 0 Å². The van der Waals surface area contributed by atoms with Crippen molar-refractivity contribution in [3.63, 3.8) is 0 Å². The Hall–Kier alpha value is -1.56. The van der Waals surface area contributed by atoms with Crippen LogP contribution in [0.1, 0.15) is 27.2 Å². The molecule has 1 N–H and O–H groups in total. The van der Waals surface area contributed by atoms with Crippen LogP contribution in [-0.4, -0.2) is 27.8 Å². The molecule has 114 valence electrons. The number of nitrogens with one attached hydrogen (secondary N) is 1. The van der Waals surface area contributed by atoms with Crippen molar-refractivity contribution in [1.82, 2.24) is 14.9 Å². The molecule has 1 heterocycles. The molecule has 0 spiro atoms. The van der Waals surface area contributed by atoms with Gasteiger partial charge in [-0.25, -0.2) is 9.78 Å². The summed E-state index contributed by atoms with van der Waals surface area (Å²) < 4.78 is 8.29. The topological polar surface area (TPSA) is 56.1 Å². The highest BCUT2D eigenvalue weighted by Crippen LogP contribution is 2.22.